The van der Waals surface area contributed by atoms with Gasteiger partial charge in [-0.25, -0.2) is 0 Å². The van der Waals surface area contributed by atoms with Crippen LogP contribution in [0.1, 0.15) is 38.8 Å². The van der Waals surface area contributed by atoms with Crippen LogP contribution in [0.5, 0.6) is 0 Å². The molecular formula is C16H23NO2. The number of carbonyl (C=O) groups is 1. The van der Waals surface area contributed by atoms with Gasteiger partial charge in [0.1, 0.15) is 0 Å². The van der Waals surface area contributed by atoms with E-state index in [9.17, 15) is 4.79 Å². The fourth-order valence-electron chi connectivity index (χ4n) is 3.04. The van der Waals surface area contributed by atoms with Crippen LogP contribution in [0, 0.1) is 11.3 Å². The smallest absolute Gasteiger partial charge is 0.226 e. The molecule has 1 saturated heterocycles. The van der Waals surface area contributed by atoms with E-state index in [1.165, 1.54) is 0 Å². The van der Waals surface area contributed by atoms with E-state index in [0.29, 0.717) is 6.42 Å². The van der Waals surface area contributed by atoms with E-state index in [2.05, 4.69) is 32.9 Å². The zero-order valence-corrected chi connectivity index (χ0v) is 12.0. The zero-order valence-electron chi connectivity index (χ0n) is 12.0. The van der Waals surface area contributed by atoms with Gasteiger partial charge in [-0.15, -0.1) is 0 Å². The van der Waals surface area contributed by atoms with Crippen LogP contribution in [-0.2, 0) is 4.79 Å². The molecule has 3 heteroatoms. The van der Waals surface area contributed by atoms with Gasteiger partial charge in [-0.3, -0.25) is 4.79 Å². The molecule has 19 heavy (non-hydrogen) atoms. The van der Waals surface area contributed by atoms with E-state index >= 15 is 0 Å². The number of hydrogen-bond acceptors (Lipinski definition) is 2. The summed E-state index contributed by atoms with van der Waals surface area (Å²) in [5.74, 6) is 0.110. The van der Waals surface area contributed by atoms with Crippen molar-refractivity contribution in [2.45, 2.75) is 33.2 Å². The van der Waals surface area contributed by atoms with Crippen molar-refractivity contribution >= 4 is 5.91 Å². The van der Waals surface area contributed by atoms with E-state index < -0.39 is 0 Å². The molecule has 1 fully saturated rings. The maximum absolute atomic E-state index is 12.5. The van der Waals surface area contributed by atoms with E-state index in [-0.39, 0.29) is 29.9 Å². The Bertz CT molecular complexity index is 441. The molecule has 0 aliphatic carbocycles. The Balaban J connectivity index is 2.21. The molecule has 2 rings (SSSR count). The highest BCUT2D eigenvalue weighted by atomic mass is 16.3. The number of amides is 1. The minimum absolute atomic E-state index is 0.0661. The van der Waals surface area contributed by atoms with Gasteiger partial charge in [-0.2, -0.15) is 0 Å². The molecule has 0 aromatic heterocycles. The molecule has 1 amide bonds. The van der Waals surface area contributed by atoms with Crippen molar-refractivity contribution < 1.29 is 9.90 Å². The van der Waals surface area contributed by atoms with Gasteiger partial charge in [0.15, 0.2) is 0 Å². The monoisotopic (exact) mass is 261 g/mol. The average molecular weight is 261 g/mol. The van der Waals surface area contributed by atoms with Crippen molar-refractivity contribution in [2.75, 3.05) is 13.2 Å². The van der Waals surface area contributed by atoms with Gasteiger partial charge in [0, 0.05) is 19.1 Å². The lowest BCUT2D eigenvalue weighted by molar-refractivity contribution is -0.133. The average Bonchev–Trinajstić information content (AvgIpc) is 2.63. The topological polar surface area (TPSA) is 40.5 Å². The standard InChI is InChI=1S/C16H23NO2/c1-12(13-7-5-4-6-8-13)17-11-16(2,3)14(9-10-18)15(17)19/h4-8,12,14,18H,9-11H2,1-3H3/t12-,14?/m1/s1. The van der Waals surface area contributed by atoms with Crippen LogP contribution in [0.4, 0.5) is 0 Å². The molecule has 104 valence electrons. The van der Waals surface area contributed by atoms with E-state index in [1.807, 2.05) is 23.1 Å². The Morgan fingerprint density at radius 2 is 2.00 bits per heavy atom. The zero-order chi connectivity index (χ0) is 14.0. The molecule has 0 saturated carbocycles. The second-order valence-electron chi connectivity index (χ2n) is 6.11. The summed E-state index contributed by atoms with van der Waals surface area (Å²) in [6, 6.07) is 10.2. The Hall–Kier alpha value is -1.35. The number of aliphatic hydroxyl groups excluding tert-OH is 1. The van der Waals surface area contributed by atoms with Crippen LogP contribution in [-0.4, -0.2) is 29.1 Å². The molecule has 1 unspecified atom stereocenters. The number of benzene rings is 1. The molecule has 0 radical (unpaired) electrons. The number of carbonyl (C=O) groups excluding carboxylic acids is 1. The molecule has 0 bridgehead atoms. The molecule has 0 spiro atoms. The highest BCUT2D eigenvalue weighted by molar-refractivity contribution is 5.82. The van der Waals surface area contributed by atoms with Gasteiger partial charge in [0.2, 0.25) is 5.91 Å². The molecule has 3 nitrogen and oxygen atoms in total. The summed E-state index contributed by atoms with van der Waals surface area (Å²) >= 11 is 0. The molecule has 1 aliphatic heterocycles. The molecule has 1 aliphatic rings. The van der Waals surface area contributed by atoms with Crippen LogP contribution >= 0.6 is 0 Å². The third-order valence-electron chi connectivity index (χ3n) is 4.27. The Morgan fingerprint density at radius 3 is 2.58 bits per heavy atom. The third-order valence-corrected chi connectivity index (χ3v) is 4.27. The summed E-state index contributed by atoms with van der Waals surface area (Å²) in [4.78, 5) is 14.5. The lowest BCUT2D eigenvalue weighted by atomic mass is 9.80. The first-order chi connectivity index (χ1) is 8.97. The predicted octanol–water partition coefficient (Wildman–Crippen LogP) is 2.61. The molecular weight excluding hydrogens is 238 g/mol. The summed E-state index contributed by atoms with van der Waals surface area (Å²) in [5, 5.41) is 9.15. The second kappa shape index (κ2) is 5.33. The molecule has 1 N–H and O–H groups in total. The first kappa shape index (κ1) is 14.1. The maximum Gasteiger partial charge on any atom is 0.226 e. The van der Waals surface area contributed by atoms with E-state index in [0.717, 1.165) is 12.1 Å². The van der Waals surface area contributed by atoms with Gasteiger partial charge in [0.25, 0.3) is 0 Å². The summed E-state index contributed by atoms with van der Waals surface area (Å²) in [6.07, 6.45) is 0.559. The minimum Gasteiger partial charge on any atom is -0.396 e. The predicted molar refractivity (Wildman–Crippen MR) is 75.5 cm³/mol. The van der Waals surface area contributed by atoms with Crippen LogP contribution in [0.25, 0.3) is 0 Å². The number of aliphatic hydroxyl groups is 1. The minimum atomic E-state index is -0.0666. The SMILES string of the molecule is C[C@H](c1ccccc1)N1CC(C)(C)C(CCO)C1=O. The van der Waals surface area contributed by atoms with Gasteiger partial charge in [0.05, 0.1) is 6.04 Å². The molecule has 2 atom stereocenters. The van der Waals surface area contributed by atoms with Crippen molar-refractivity contribution in [2.24, 2.45) is 11.3 Å². The summed E-state index contributed by atoms with van der Waals surface area (Å²) < 4.78 is 0. The van der Waals surface area contributed by atoms with Gasteiger partial charge >= 0.3 is 0 Å². The molecule has 1 heterocycles. The third kappa shape index (κ3) is 2.66. The Labute approximate surface area is 115 Å². The van der Waals surface area contributed by atoms with Crippen molar-refractivity contribution in [1.82, 2.24) is 4.90 Å². The first-order valence-corrected chi connectivity index (χ1v) is 6.93. The van der Waals surface area contributed by atoms with Crippen molar-refractivity contribution in [3.63, 3.8) is 0 Å². The quantitative estimate of drug-likeness (QED) is 0.905. The summed E-state index contributed by atoms with van der Waals surface area (Å²) in [7, 11) is 0. The fraction of sp³-hybridized carbons (Fsp3) is 0.562. The highest BCUT2D eigenvalue weighted by Crippen LogP contribution is 2.41. The Kier molecular flexibility index (Phi) is 3.95. The van der Waals surface area contributed by atoms with Crippen molar-refractivity contribution in [3.05, 3.63) is 35.9 Å². The van der Waals surface area contributed by atoms with Gasteiger partial charge in [-0.1, -0.05) is 44.2 Å². The fourth-order valence-corrected chi connectivity index (χ4v) is 3.04. The van der Waals surface area contributed by atoms with Crippen LogP contribution in [0.3, 0.4) is 0 Å². The number of hydrogen-bond donors (Lipinski definition) is 1. The maximum atomic E-state index is 12.5. The van der Waals surface area contributed by atoms with Gasteiger partial charge in [-0.05, 0) is 24.3 Å². The largest absolute Gasteiger partial charge is 0.396 e. The van der Waals surface area contributed by atoms with Gasteiger partial charge < -0.3 is 10.0 Å². The highest BCUT2D eigenvalue weighted by Gasteiger charge is 2.46. The first-order valence-electron chi connectivity index (χ1n) is 6.93. The normalized spacial score (nSPS) is 23.7. The van der Waals surface area contributed by atoms with Crippen molar-refractivity contribution in [3.8, 4) is 0 Å². The number of likely N-dealkylation sites (tertiary alicyclic amines) is 1. The van der Waals surface area contributed by atoms with E-state index in [1.54, 1.807) is 0 Å². The van der Waals surface area contributed by atoms with Crippen LogP contribution < -0.4 is 0 Å². The number of nitrogens with zero attached hydrogens (tertiary/aromatic N) is 1. The lowest BCUT2D eigenvalue weighted by Gasteiger charge is -2.26. The van der Waals surface area contributed by atoms with E-state index in [4.69, 9.17) is 5.11 Å². The van der Waals surface area contributed by atoms with Crippen LogP contribution in [0.2, 0.25) is 0 Å². The molecule has 1 aromatic rings. The molecule has 1 aromatic carbocycles. The van der Waals surface area contributed by atoms with Crippen molar-refractivity contribution in [1.29, 1.82) is 0 Å². The lowest BCUT2D eigenvalue weighted by Crippen LogP contribution is -2.30. The number of rotatable bonds is 4. The second-order valence-corrected chi connectivity index (χ2v) is 6.11. The Morgan fingerprint density at radius 1 is 1.37 bits per heavy atom. The summed E-state index contributed by atoms with van der Waals surface area (Å²) in [5.41, 5.74) is 1.10. The summed E-state index contributed by atoms with van der Waals surface area (Å²) in [6.45, 7) is 7.14. The van der Waals surface area contributed by atoms with Crippen LogP contribution in [0.15, 0.2) is 30.3 Å².